The lowest BCUT2D eigenvalue weighted by atomic mass is 10.1. The number of Topliss-reactive ketones (excluding diaryl/α,β-unsaturated/α-hetero) is 1. The predicted octanol–water partition coefficient (Wildman–Crippen LogP) is 2.45. The fourth-order valence-corrected chi connectivity index (χ4v) is 3.16. The molecule has 0 aromatic heterocycles. The van der Waals surface area contributed by atoms with Gasteiger partial charge in [0.25, 0.3) is 0 Å². The first kappa shape index (κ1) is 16.8. The van der Waals surface area contributed by atoms with Crippen LogP contribution in [0.2, 0.25) is 0 Å². The number of benzene rings is 2. The summed E-state index contributed by atoms with van der Waals surface area (Å²) >= 11 is 0. The van der Waals surface area contributed by atoms with E-state index in [4.69, 9.17) is 4.74 Å². The fraction of sp³-hybridized carbons (Fsp3) is 0.350. The van der Waals surface area contributed by atoms with Crippen molar-refractivity contribution in [1.29, 1.82) is 0 Å². The van der Waals surface area contributed by atoms with E-state index in [1.165, 1.54) is 22.6 Å². The maximum atomic E-state index is 12.9. The zero-order valence-electron chi connectivity index (χ0n) is 13.7. The molecule has 0 amide bonds. The molecule has 1 aliphatic heterocycles. The molecule has 1 aliphatic rings. The smallest absolute Gasteiger partial charge is 0.163 e. The van der Waals surface area contributed by atoms with Crippen LogP contribution in [-0.2, 0) is 4.74 Å². The molecule has 0 radical (unpaired) electrons. The van der Waals surface area contributed by atoms with Crippen molar-refractivity contribution < 1.29 is 18.8 Å². The van der Waals surface area contributed by atoms with Gasteiger partial charge >= 0.3 is 0 Å². The molecule has 2 atom stereocenters. The van der Waals surface area contributed by atoms with E-state index in [2.05, 4.69) is 12.1 Å². The van der Waals surface area contributed by atoms with E-state index < -0.39 is 0 Å². The molecule has 2 aromatic carbocycles. The van der Waals surface area contributed by atoms with Crippen LogP contribution in [-0.4, -0.2) is 32.0 Å². The van der Waals surface area contributed by atoms with Gasteiger partial charge in [0.1, 0.15) is 25.0 Å². The summed E-state index contributed by atoms with van der Waals surface area (Å²) in [6, 6.07) is 16.1. The molecule has 2 aromatic rings. The predicted molar refractivity (Wildman–Crippen MR) is 90.7 cm³/mol. The number of rotatable bonds is 6. The summed E-state index contributed by atoms with van der Waals surface area (Å²) < 4.78 is 18.8. The van der Waals surface area contributed by atoms with Gasteiger partial charge in [-0.25, -0.2) is 4.39 Å². The summed E-state index contributed by atoms with van der Waals surface area (Å²) in [7, 11) is 0. The van der Waals surface area contributed by atoms with Gasteiger partial charge in [-0.05, 0) is 29.8 Å². The summed E-state index contributed by atoms with van der Waals surface area (Å²) in [6.45, 7) is 3.63. The molecule has 3 nitrogen and oxygen atoms in total. The molecular formula is C20H23FNO2+. The molecule has 126 valence electrons. The van der Waals surface area contributed by atoms with Crippen molar-refractivity contribution in [2.24, 2.45) is 0 Å². The van der Waals surface area contributed by atoms with Gasteiger partial charge in [0.2, 0.25) is 0 Å². The number of quaternary nitrogens is 1. The number of halogens is 1. The van der Waals surface area contributed by atoms with Crippen molar-refractivity contribution in [3.63, 3.8) is 0 Å². The third kappa shape index (κ3) is 4.49. The first-order valence-corrected chi connectivity index (χ1v) is 8.51. The highest BCUT2D eigenvalue weighted by Gasteiger charge is 2.24. The zero-order valence-corrected chi connectivity index (χ0v) is 13.7. The summed E-state index contributed by atoms with van der Waals surface area (Å²) in [5.74, 6) is -0.224. The molecule has 2 unspecified atom stereocenters. The number of hydrogen-bond acceptors (Lipinski definition) is 2. The normalized spacial score (nSPS) is 20.7. The second kappa shape index (κ2) is 8.18. The van der Waals surface area contributed by atoms with Crippen LogP contribution in [0.4, 0.5) is 4.39 Å². The fourth-order valence-electron chi connectivity index (χ4n) is 3.16. The van der Waals surface area contributed by atoms with E-state index >= 15 is 0 Å². The molecule has 0 bridgehead atoms. The Balaban J connectivity index is 1.46. The second-order valence-corrected chi connectivity index (χ2v) is 6.26. The standard InChI is InChI=1S/C20H22FNO2/c21-18-10-8-16(9-11-18)19(23)7-4-12-22-13-14-24-20(15-22)17-5-2-1-3-6-17/h1-3,5-6,8-11,20H,4,7,12-15H2/p+1. The molecule has 0 spiro atoms. The minimum absolute atomic E-state index is 0.0854. The number of morpholine rings is 1. The zero-order chi connectivity index (χ0) is 16.8. The molecule has 4 heteroatoms. The van der Waals surface area contributed by atoms with Crippen molar-refractivity contribution in [3.8, 4) is 0 Å². The van der Waals surface area contributed by atoms with Gasteiger partial charge in [0.15, 0.2) is 5.78 Å². The van der Waals surface area contributed by atoms with Gasteiger partial charge < -0.3 is 9.64 Å². The summed E-state index contributed by atoms with van der Waals surface area (Å²) in [4.78, 5) is 13.6. The topological polar surface area (TPSA) is 30.7 Å². The SMILES string of the molecule is O=C(CCC[NH+]1CCOC(c2ccccc2)C1)c1ccc(F)cc1. The van der Waals surface area contributed by atoms with Gasteiger partial charge in [-0.3, -0.25) is 4.79 Å². The highest BCUT2D eigenvalue weighted by Crippen LogP contribution is 2.16. The average molecular weight is 328 g/mol. The van der Waals surface area contributed by atoms with Crippen LogP contribution in [0.1, 0.15) is 34.9 Å². The lowest BCUT2D eigenvalue weighted by molar-refractivity contribution is -0.912. The van der Waals surface area contributed by atoms with Crippen molar-refractivity contribution in [2.75, 3.05) is 26.2 Å². The number of nitrogens with one attached hydrogen (secondary N) is 1. The van der Waals surface area contributed by atoms with Gasteiger partial charge in [-0.1, -0.05) is 30.3 Å². The van der Waals surface area contributed by atoms with E-state index in [9.17, 15) is 9.18 Å². The molecule has 0 aliphatic carbocycles. The average Bonchev–Trinajstić information content (AvgIpc) is 2.63. The third-order valence-electron chi connectivity index (χ3n) is 4.52. The summed E-state index contributed by atoms with van der Waals surface area (Å²) in [6.07, 6.45) is 1.49. The highest BCUT2D eigenvalue weighted by atomic mass is 19.1. The number of hydrogen-bond donors (Lipinski definition) is 1. The van der Waals surface area contributed by atoms with Crippen molar-refractivity contribution >= 4 is 5.78 Å². The minimum atomic E-state index is -0.309. The van der Waals surface area contributed by atoms with Gasteiger partial charge in [-0.15, -0.1) is 0 Å². The molecule has 1 saturated heterocycles. The van der Waals surface area contributed by atoms with Gasteiger partial charge in [0, 0.05) is 18.4 Å². The Kier molecular flexibility index (Phi) is 5.72. The Morgan fingerprint density at radius 2 is 1.88 bits per heavy atom. The summed E-state index contributed by atoms with van der Waals surface area (Å²) in [5.41, 5.74) is 1.81. The molecular weight excluding hydrogens is 305 g/mol. The maximum absolute atomic E-state index is 12.9. The number of ether oxygens (including phenoxy) is 1. The lowest BCUT2D eigenvalue weighted by Crippen LogP contribution is -3.14. The van der Waals surface area contributed by atoms with Crippen molar-refractivity contribution in [2.45, 2.75) is 18.9 Å². The molecule has 1 fully saturated rings. The van der Waals surface area contributed by atoms with Crippen LogP contribution < -0.4 is 4.90 Å². The van der Waals surface area contributed by atoms with E-state index in [-0.39, 0.29) is 17.7 Å². The molecule has 1 heterocycles. The van der Waals surface area contributed by atoms with E-state index in [1.807, 2.05) is 18.2 Å². The molecule has 3 rings (SSSR count). The van der Waals surface area contributed by atoms with E-state index in [0.717, 1.165) is 32.7 Å². The third-order valence-corrected chi connectivity index (χ3v) is 4.52. The van der Waals surface area contributed by atoms with Crippen LogP contribution in [0.15, 0.2) is 54.6 Å². The summed E-state index contributed by atoms with van der Waals surface area (Å²) in [5, 5.41) is 0. The Hall–Kier alpha value is -2.04. The number of carbonyl (C=O) groups is 1. The van der Waals surface area contributed by atoms with E-state index in [1.54, 1.807) is 12.1 Å². The minimum Gasteiger partial charge on any atom is -0.362 e. The van der Waals surface area contributed by atoms with Crippen LogP contribution in [0.25, 0.3) is 0 Å². The number of ketones is 1. The lowest BCUT2D eigenvalue weighted by Gasteiger charge is -2.30. The van der Waals surface area contributed by atoms with Crippen LogP contribution in [0.5, 0.6) is 0 Å². The van der Waals surface area contributed by atoms with E-state index in [0.29, 0.717) is 12.0 Å². The first-order valence-electron chi connectivity index (χ1n) is 8.51. The van der Waals surface area contributed by atoms with Crippen LogP contribution >= 0.6 is 0 Å². The Morgan fingerprint density at radius 3 is 2.62 bits per heavy atom. The van der Waals surface area contributed by atoms with Crippen LogP contribution in [0.3, 0.4) is 0 Å². The molecule has 0 saturated carbocycles. The first-order chi connectivity index (χ1) is 11.7. The molecule has 1 N–H and O–H groups in total. The van der Waals surface area contributed by atoms with Crippen LogP contribution in [0, 0.1) is 5.82 Å². The Bertz CT molecular complexity index is 657. The monoisotopic (exact) mass is 328 g/mol. The Morgan fingerprint density at radius 1 is 1.12 bits per heavy atom. The largest absolute Gasteiger partial charge is 0.362 e. The number of carbonyl (C=O) groups excluding carboxylic acids is 1. The quantitative estimate of drug-likeness (QED) is 0.826. The van der Waals surface area contributed by atoms with Crippen molar-refractivity contribution in [3.05, 3.63) is 71.5 Å². The molecule has 24 heavy (non-hydrogen) atoms. The highest BCUT2D eigenvalue weighted by molar-refractivity contribution is 5.95. The second-order valence-electron chi connectivity index (χ2n) is 6.26. The van der Waals surface area contributed by atoms with Crippen molar-refractivity contribution in [1.82, 2.24) is 0 Å². The Labute approximate surface area is 142 Å². The van der Waals surface area contributed by atoms with Gasteiger partial charge in [-0.2, -0.15) is 0 Å². The maximum Gasteiger partial charge on any atom is 0.163 e. The van der Waals surface area contributed by atoms with Gasteiger partial charge in [0.05, 0.1) is 13.2 Å².